The van der Waals surface area contributed by atoms with Gasteiger partial charge in [0.25, 0.3) is 0 Å². The minimum absolute atomic E-state index is 0.534. The van der Waals surface area contributed by atoms with Crippen LogP contribution in [0.2, 0.25) is 0 Å². The molecule has 1 fully saturated rings. The molecular formula is C16H28N4O. The maximum absolute atomic E-state index is 5.69. The lowest BCUT2D eigenvalue weighted by Crippen LogP contribution is -2.42. The first-order valence-electron chi connectivity index (χ1n) is 8.14. The third-order valence-corrected chi connectivity index (χ3v) is 3.88. The molecule has 1 saturated heterocycles. The van der Waals surface area contributed by atoms with Crippen LogP contribution in [-0.2, 0) is 0 Å². The molecule has 2 rings (SSSR count). The van der Waals surface area contributed by atoms with Crippen molar-refractivity contribution in [1.29, 1.82) is 0 Å². The van der Waals surface area contributed by atoms with Gasteiger partial charge in [0.15, 0.2) is 0 Å². The molecule has 0 aromatic carbocycles. The summed E-state index contributed by atoms with van der Waals surface area (Å²) in [6.07, 6.45) is 5.88. The molecule has 1 aromatic rings. The van der Waals surface area contributed by atoms with Gasteiger partial charge in [-0.25, -0.2) is 4.98 Å². The fourth-order valence-corrected chi connectivity index (χ4v) is 2.81. The third-order valence-electron chi connectivity index (χ3n) is 3.88. The van der Waals surface area contributed by atoms with Crippen molar-refractivity contribution in [3.05, 3.63) is 11.8 Å². The van der Waals surface area contributed by atoms with Crippen LogP contribution in [0.25, 0.3) is 0 Å². The van der Waals surface area contributed by atoms with Gasteiger partial charge in [-0.15, -0.1) is 0 Å². The minimum Gasteiger partial charge on any atom is -0.478 e. The maximum atomic E-state index is 5.69. The minimum atomic E-state index is 0.534. The number of piperidine rings is 1. The van der Waals surface area contributed by atoms with Gasteiger partial charge in [-0.3, -0.25) is 0 Å². The lowest BCUT2D eigenvalue weighted by atomic mass is 10.00. The Kier molecular flexibility index (Phi) is 6.23. The molecule has 1 aliphatic heterocycles. The van der Waals surface area contributed by atoms with Gasteiger partial charge in [-0.1, -0.05) is 6.92 Å². The topological polar surface area (TPSA) is 50.3 Å². The zero-order valence-electron chi connectivity index (χ0n) is 13.6. The third kappa shape index (κ3) is 4.56. The zero-order chi connectivity index (χ0) is 15.1. The number of aryl methyl sites for hydroxylation is 1. The zero-order valence-corrected chi connectivity index (χ0v) is 13.6. The van der Waals surface area contributed by atoms with Gasteiger partial charge in [-0.05, 0) is 52.6 Å². The van der Waals surface area contributed by atoms with Gasteiger partial charge in [-0.2, -0.15) is 4.98 Å². The molecule has 0 bridgehead atoms. The van der Waals surface area contributed by atoms with E-state index in [0.717, 1.165) is 37.6 Å². The van der Waals surface area contributed by atoms with E-state index in [2.05, 4.69) is 27.1 Å². The molecule has 5 heteroatoms. The first-order valence-corrected chi connectivity index (χ1v) is 8.14. The highest BCUT2D eigenvalue weighted by Crippen LogP contribution is 2.25. The van der Waals surface area contributed by atoms with E-state index in [1.807, 2.05) is 20.0 Å². The monoisotopic (exact) mass is 292 g/mol. The van der Waals surface area contributed by atoms with Gasteiger partial charge in [0.05, 0.1) is 6.61 Å². The molecular weight excluding hydrogens is 264 g/mol. The van der Waals surface area contributed by atoms with Crippen molar-refractivity contribution in [1.82, 2.24) is 15.3 Å². The number of ether oxygens (including phenoxy) is 1. The van der Waals surface area contributed by atoms with Crippen molar-refractivity contribution in [3.8, 4) is 5.88 Å². The van der Waals surface area contributed by atoms with E-state index in [0.29, 0.717) is 18.5 Å². The standard InChI is InChI=1S/C16H28N4O/c1-4-11-21-15-12-13(2)18-16(19-15)20-10-6-5-7-14(20)8-9-17-3/h12,14,17H,4-11H2,1-3H3. The van der Waals surface area contributed by atoms with Gasteiger partial charge >= 0.3 is 0 Å². The summed E-state index contributed by atoms with van der Waals surface area (Å²) >= 11 is 0. The van der Waals surface area contributed by atoms with E-state index in [9.17, 15) is 0 Å². The highest BCUT2D eigenvalue weighted by atomic mass is 16.5. The summed E-state index contributed by atoms with van der Waals surface area (Å²) in [6.45, 7) is 6.90. The summed E-state index contributed by atoms with van der Waals surface area (Å²) in [5.41, 5.74) is 0.976. The van der Waals surface area contributed by atoms with Crippen LogP contribution >= 0.6 is 0 Å². The van der Waals surface area contributed by atoms with Gasteiger partial charge < -0.3 is 15.0 Å². The first kappa shape index (κ1) is 16.0. The smallest absolute Gasteiger partial charge is 0.229 e. The molecule has 2 heterocycles. The number of nitrogens with zero attached hydrogens (tertiary/aromatic N) is 3. The van der Waals surface area contributed by atoms with E-state index >= 15 is 0 Å². The fraction of sp³-hybridized carbons (Fsp3) is 0.750. The second-order valence-electron chi connectivity index (χ2n) is 5.73. The number of rotatable bonds is 7. The average Bonchev–Trinajstić information content (AvgIpc) is 2.50. The molecule has 1 unspecified atom stereocenters. The molecule has 1 aliphatic rings. The fourth-order valence-electron chi connectivity index (χ4n) is 2.81. The van der Waals surface area contributed by atoms with Crippen LogP contribution in [0, 0.1) is 6.92 Å². The summed E-state index contributed by atoms with van der Waals surface area (Å²) in [5.74, 6) is 1.54. The Morgan fingerprint density at radius 2 is 2.24 bits per heavy atom. The Bertz CT molecular complexity index is 438. The normalized spacial score (nSPS) is 18.8. The first-order chi connectivity index (χ1) is 10.2. The summed E-state index contributed by atoms with van der Waals surface area (Å²) in [4.78, 5) is 11.6. The molecule has 0 spiro atoms. The lowest BCUT2D eigenvalue weighted by Gasteiger charge is -2.36. The van der Waals surface area contributed by atoms with Crippen molar-refractivity contribution in [2.75, 3.05) is 31.6 Å². The molecule has 1 atom stereocenters. The van der Waals surface area contributed by atoms with Crippen LogP contribution < -0.4 is 15.0 Å². The molecule has 0 amide bonds. The Balaban J connectivity index is 2.14. The predicted molar refractivity (Wildman–Crippen MR) is 86.1 cm³/mol. The van der Waals surface area contributed by atoms with Gasteiger partial charge in [0, 0.05) is 24.3 Å². The van der Waals surface area contributed by atoms with Crippen LogP contribution in [-0.4, -0.2) is 42.8 Å². The second-order valence-corrected chi connectivity index (χ2v) is 5.73. The predicted octanol–water partition coefficient (Wildman–Crippen LogP) is 2.54. The molecule has 1 aromatic heterocycles. The Hall–Kier alpha value is -1.36. The quantitative estimate of drug-likeness (QED) is 0.837. The Morgan fingerprint density at radius 3 is 3.00 bits per heavy atom. The van der Waals surface area contributed by atoms with Crippen molar-refractivity contribution in [2.45, 2.75) is 52.0 Å². The van der Waals surface area contributed by atoms with E-state index in [1.165, 1.54) is 19.3 Å². The SMILES string of the molecule is CCCOc1cc(C)nc(N2CCCCC2CCNC)n1. The van der Waals surface area contributed by atoms with Crippen molar-refractivity contribution >= 4 is 5.95 Å². The summed E-state index contributed by atoms with van der Waals surface area (Å²) in [5, 5.41) is 3.25. The summed E-state index contributed by atoms with van der Waals surface area (Å²) in [7, 11) is 2.01. The van der Waals surface area contributed by atoms with E-state index in [-0.39, 0.29) is 0 Å². The Labute approximate surface area is 128 Å². The van der Waals surface area contributed by atoms with Gasteiger partial charge in [0.2, 0.25) is 11.8 Å². The highest BCUT2D eigenvalue weighted by Gasteiger charge is 2.24. The molecule has 0 aliphatic carbocycles. The Morgan fingerprint density at radius 1 is 1.38 bits per heavy atom. The molecule has 21 heavy (non-hydrogen) atoms. The van der Waals surface area contributed by atoms with Gasteiger partial charge in [0.1, 0.15) is 0 Å². The van der Waals surface area contributed by atoms with Crippen molar-refractivity contribution in [2.24, 2.45) is 0 Å². The van der Waals surface area contributed by atoms with E-state index in [1.54, 1.807) is 0 Å². The number of aromatic nitrogens is 2. The number of anilines is 1. The van der Waals surface area contributed by atoms with Crippen LogP contribution in [0.5, 0.6) is 5.88 Å². The number of hydrogen-bond donors (Lipinski definition) is 1. The van der Waals surface area contributed by atoms with Crippen LogP contribution in [0.15, 0.2) is 6.07 Å². The van der Waals surface area contributed by atoms with Crippen molar-refractivity contribution in [3.63, 3.8) is 0 Å². The summed E-state index contributed by atoms with van der Waals surface area (Å²) in [6, 6.07) is 2.46. The molecule has 1 N–H and O–H groups in total. The highest BCUT2D eigenvalue weighted by molar-refractivity contribution is 5.36. The maximum Gasteiger partial charge on any atom is 0.229 e. The van der Waals surface area contributed by atoms with Crippen LogP contribution in [0.3, 0.4) is 0 Å². The van der Waals surface area contributed by atoms with E-state index < -0.39 is 0 Å². The molecule has 118 valence electrons. The molecule has 5 nitrogen and oxygen atoms in total. The lowest BCUT2D eigenvalue weighted by molar-refractivity contribution is 0.303. The number of hydrogen-bond acceptors (Lipinski definition) is 5. The second kappa shape index (κ2) is 8.17. The molecule has 0 radical (unpaired) electrons. The van der Waals surface area contributed by atoms with Crippen LogP contribution in [0.4, 0.5) is 5.95 Å². The number of nitrogens with one attached hydrogen (secondary N) is 1. The molecule has 0 saturated carbocycles. The average molecular weight is 292 g/mol. The largest absolute Gasteiger partial charge is 0.478 e. The van der Waals surface area contributed by atoms with E-state index in [4.69, 9.17) is 4.74 Å². The van der Waals surface area contributed by atoms with Crippen molar-refractivity contribution < 1.29 is 4.74 Å². The van der Waals surface area contributed by atoms with Crippen LogP contribution in [0.1, 0.15) is 44.7 Å². The summed E-state index contributed by atoms with van der Waals surface area (Å²) < 4.78 is 5.69.